The fourth-order valence-electron chi connectivity index (χ4n) is 1.75. The third kappa shape index (κ3) is 4.49. The van der Waals surface area contributed by atoms with E-state index >= 15 is 0 Å². The van der Waals surface area contributed by atoms with Crippen molar-refractivity contribution in [3.8, 4) is 0 Å². The summed E-state index contributed by atoms with van der Waals surface area (Å²) in [5.74, 6) is 0.286. The topological polar surface area (TPSA) is 44.8 Å². The lowest BCUT2D eigenvalue weighted by atomic mass is 10.0. The minimum Gasteiger partial charge on any atom is -0.464 e. The maximum absolute atomic E-state index is 11.5. The smallest absolute Gasteiger partial charge is 0.335 e. The molecule has 0 N–H and O–H groups in total. The van der Waals surface area contributed by atoms with Crippen molar-refractivity contribution < 1.29 is 19.0 Å². The summed E-state index contributed by atoms with van der Waals surface area (Å²) >= 11 is 0. The van der Waals surface area contributed by atoms with Crippen LogP contribution in [0.2, 0.25) is 0 Å². The highest BCUT2D eigenvalue weighted by Crippen LogP contribution is 2.16. The molecule has 1 unspecified atom stereocenters. The lowest BCUT2D eigenvalue weighted by Crippen LogP contribution is -2.29. The Morgan fingerprint density at radius 1 is 1.38 bits per heavy atom. The zero-order chi connectivity index (χ0) is 11.8. The number of esters is 1. The summed E-state index contributed by atoms with van der Waals surface area (Å²) in [6, 6.07) is 0. The summed E-state index contributed by atoms with van der Waals surface area (Å²) in [4.78, 5) is 11.5. The molecule has 0 radical (unpaired) electrons. The zero-order valence-corrected chi connectivity index (χ0v) is 10.2. The van der Waals surface area contributed by atoms with E-state index in [-0.39, 0.29) is 5.97 Å². The molecule has 1 fully saturated rings. The predicted octanol–water partition coefficient (Wildman–Crippen LogP) is 1.77. The van der Waals surface area contributed by atoms with Crippen LogP contribution in [0.15, 0.2) is 0 Å². The SMILES string of the molecule is CCOC(=O)C(CC)OCC1CCOCC1. The molecule has 1 aliphatic rings. The monoisotopic (exact) mass is 230 g/mol. The van der Waals surface area contributed by atoms with Gasteiger partial charge in [-0.05, 0) is 32.1 Å². The highest BCUT2D eigenvalue weighted by molar-refractivity contribution is 5.74. The number of hydrogen-bond donors (Lipinski definition) is 0. The van der Waals surface area contributed by atoms with Crippen molar-refractivity contribution in [1.82, 2.24) is 0 Å². The lowest BCUT2D eigenvalue weighted by Gasteiger charge is -2.23. The Bertz CT molecular complexity index is 199. The Kier molecular flexibility index (Phi) is 6.42. The van der Waals surface area contributed by atoms with Crippen molar-refractivity contribution in [2.75, 3.05) is 26.4 Å². The van der Waals surface area contributed by atoms with Crippen molar-refractivity contribution in [1.29, 1.82) is 0 Å². The van der Waals surface area contributed by atoms with Crippen LogP contribution in [-0.2, 0) is 19.0 Å². The Labute approximate surface area is 97.2 Å². The van der Waals surface area contributed by atoms with Crippen LogP contribution in [0.3, 0.4) is 0 Å². The number of hydrogen-bond acceptors (Lipinski definition) is 4. The maximum Gasteiger partial charge on any atom is 0.335 e. The van der Waals surface area contributed by atoms with Gasteiger partial charge in [-0.15, -0.1) is 0 Å². The molecule has 0 aromatic heterocycles. The molecule has 0 aromatic carbocycles. The van der Waals surface area contributed by atoms with Crippen LogP contribution in [-0.4, -0.2) is 38.5 Å². The summed E-state index contributed by atoms with van der Waals surface area (Å²) in [6.45, 7) is 6.42. The van der Waals surface area contributed by atoms with Gasteiger partial charge in [0.1, 0.15) is 0 Å². The molecule has 1 atom stereocenters. The standard InChI is InChI=1S/C12H22O4/c1-3-11(12(13)15-4-2)16-9-10-5-7-14-8-6-10/h10-11H,3-9H2,1-2H3. The molecule has 4 heteroatoms. The molecule has 0 aromatic rings. The molecule has 4 nitrogen and oxygen atoms in total. The molecule has 16 heavy (non-hydrogen) atoms. The molecule has 1 saturated heterocycles. The summed E-state index contributed by atoms with van der Waals surface area (Å²) in [7, 11) is 0. The molecule has 94 valence electrons. The van der Waals surface area contributed by atoms with Gasteiger partial charge in [-0.3, -0.25) is 0 Å². The summed E-state index contributed by atoms with van der Waals surface area (Å²) < 4.78 is 15.8. The van der Waals surface area contributed by atoms with Gasteiger partial charge in [-0.25, -0.2) is 4.79 Å². The Morgan fingerprint density at radius 3 is 2.62 bits per heavy atom. The van der Waals surface area contributed by atoms with Crippen LogP contribution in [0.4, 0.5) is 0 Å². The van der Waals surface area contributed by atoms with Crippen molar-refractivity contribution in [3.05, 3.63) is 0 Å². The highest BCUT2D eigenvalue weighted by atomic mass is 16.6. The number of carbonyl (C=O) groups excluding carboxylic acids is 1. The number of rotatable bonds is 6. The van der Waals surface area contributed by atoms with Crippen molar-refractivity contribution >= 4 is 5.97 Å². The molecule has 0 spiro atoms. The molecule has 0 amide bonds. The van der Waals surface area contributed by atoms with Gasteiger partial charge < -0.3 is 14.2 Å². The Morgan fingerprint density at radius 2 is 2.06 bits per heavy atom. The maximum atomic E-state index is 11.5. The van der Waals surface area contributed by atoms with Crippen LogP contribution in [0.5, 0.6) is 0 Å². The van der Waals surface area contributed by atoms with Crippen molar-refractivity contribution in [2.45, 2.75) is 39.2 Å². The average molecular weight is 230 g/mol. The van der Waals surface area contributed by atoms with Gasteiger partial charge in [0.25, 0.3) is 0 Å². The van der Waals surface area contributed by atoms with E-state index in [1.807, 2.05) is 13.8 Å². The van der Waals surface area contributed by atoms with E-state index in [4.69, 9.17) is 14.2 Å². The summed E-state index contributed by atoms with van der Waals surface area (Å²) in [6.07, 6.45) is 2.32. The van der Waals surface area contributed by atoms with Gasteiger partial charge in [0.2, 0.25) is 0 Å². The summed E-state index contributed by atoms with van der Waals surface area (Å²) in [5.41, 5.74) is 0. The van der Waals surface area contributed by atoms with Crippen LogP contribution in [0.25, 0.3) is 0 Å². The van der Waals surface area contributed by atoms with Crippen LogP contribution in [0, 0.1) is 5.92 Å². The molecule has 1 aliphatic heterocycles. The molecule has 1 heterocycles. The van der Waals surface area contributed by atoms with E-state index in [1.54, 1.807) is 0 Å². The predicted molar refractivity (Wildman–Crippen MR) is 60.2 cm³/mol. The van der Waals surface area contributed by atoms with E-state index in [0.29, 0.717) is 25.6 Å². The van der Waals surface area contributed by atoms with E-state index in [9.17, 15) is 4.79 Å². The first-order chi connectivity index (χ1) is 7.77. The quantitative estimate of drug-likeness (QED) is 0.652. The fraction of sp³-hybridized carbons (Fsp3) is 0.917. The number of carbonyl (C=O) groups is 1. The minimum atomic E-state index is -0.400. The zero-order valence-electron chi connectivity index (χ0n) is 10.2. The third-order valence-corrected chi connectivity index (χ3v) is 2.79. The van der Waals surface area contributed by atoms with Gasteiger partial charge in [0.15, 0.2) is 6.10 Å². The van der Waals surface area contributed by atoms with Crippen LogP contribution < -0.4 is 0 Å². The first kappa shape index (κ1) is 13.5. The van der Waals surface area contributed by atoms with E-state index in [2.05, 4.69) is 0 Å². The normalized spacial score (nSPS) is 19.4. The average Bonchev–Trinajstić information content (AvgIpc) is 2.31. The van der Waals surface area contributed by atoms with E-state index in [1.165, 1.54) is 0 Å². The summed E-state index contributed by atoms with van der Waals surface area (Å²) in [5, 5.41) is 0. The first-order valence-corrected chi connectivity index (χ1v) is 6.13. The molecule has 0 aliphatic carbocycles. The largest absolute Gasteiger partial charge is 0.464 e. The van der Waals surface area contributed by atoms with Gasteiger partial charge in [-0.2, -0.15) is 0 Å². The van der Waals surface area contributed by atoms with Crippen LogP contribution in [0.1, 0.15) is 33.1 Å². The van der Waals surface area contributed by atoms with Crippen LogP contribution >= 0.6 is 0 Å². The Hall–Kier alpha value is -0.610. The highest BCUT2D eigenvalue weighted by Gasteiger charge is 2.21. The van der Waals surface area contributed by atoms with E-state index < -0.39 is 6.10 Å². The fourth-order valence-corrected chi connectivity index (χ4v) is 1.75. The minimum absolute atomic E-state index is 0.239. The second kappa shape index (κ2) is 7.63. The molecular weight excluding hydrogens is 208 g/mol. The molecule has 0 bridgehead atoms. The number of ether oxygens (including phenoxy) is 3. The second-order valence-electron chi connectivity index (χ2n) is 4.04. The van der Waals surface area contributed by atoms with Gasteiger partial charge in [0, 0.05) is 13.2 Å². The van der Waals surface area contributed by atoms with Gasteiger partial charge >= 0.3 is 5.97 Å². The van der Waals surface area contributed by atoms with Crippen molar-refractivity contribution in [3.63, 3.8) is 0 Å². The van der Waals surface area contributed by atoms with E-state index in [0.717, 1.165) is 26.1 Å². The Balaban J connectivity index is 2.24. The molecule has 1 rings (SSSR count). The molecule has 0 saturated carbocycles. The van der Waals surface area contributed by atoms with Crippen molar-refractivity contribution in [2.24, 2.45) is 5.92 Å². The van der Waals surface area contributed by atoms with Gasteiger partial charge in [0.05, 0.1) is 13.2 Å². The lowest BCUT2D eigenvalue weighted by molar-refractivity contribution is -0.158. The van der Waals surface area contributed by atoms with Gasteiger partial charge in [-0.1, -0.05) is 6.92 Å². The first-order valence-electron chi connectivity index (χ1n) is 6.13. The molecular formula is C12H22O4. The second-order valence-corrected chi connectivity index (χ2v) is 4.04. The third-order valence-electron chi connectivity index (χ3n) is 2.79.